The summed E-state index contributed by atoms with van der Waals surface area (Å²) < 4.78 is 31.4. The van der Waals surface area contributed by atoms with Crippen LogP contribution in [-0.4, -0.2) is 52.2 Å². The fourth-order valence-electron chi connectivity index (χ4n) is 1.43. The van der Waals surface area contributed by atoms with E-state index in [-0.39, 0.29) is 51.9 Å². The number of carbonyl (C=O) groups excluding carboxylic acids is 1. The summed E-state index contributed by atoms with van der Waals surface area (Å²) in [7, 11) is 5.14. The molecule has 2 unspecified atom stereocenters. The van der Waals surface area contributed by atoms with Gasteiger partial charge < -0.3 is 20.5 Å². The SMILES string of the molecule is C.CC.CC.CNc1ccccc1.CNc1ccccc1.COS(=O)CNC(C)=O.CS(=O)O.[Y]. The summed E-state index contributed by atoms with van der Waals surface area (Å²) in [5, 5.41) is 8.39. The molecule has 35 heavy (non-hydrogen) atoms. The zero-order chi connectivity index (χ0) is 26.5. The number of carbonyl (C=O) groups is 1. The van der Waals surface area contributed by atoms with Crippen molar-refractivity contribution in [2.45, 2.75) is 42.0 Å². The Bertz CT molecular complexity index is 655. The first-order valence-electron chi connectivity index (χ1n) is 10.4. The van der Waals surface area contributed by atoms with Crippen LogP contribution in [0.5, 0.6) is 0 Å². The van der Waals surface area contributed by atoms with E-state index in [0.717, 1.165) is 11.4 Å². The number of anilines is 2. The molecule has 0 aliphatic rings. The van der Waals surface area contributed by atoms with E-state index in [1.165, 1.54) is 20.3 Å². The van der Waals surface area contributed by atoms with Crippen molar-refractivity contribution in [3.8, 4) is 0 Å². The molecule has 0 fully saturated rings. The predicted molar refractivity (Wildman–Crippen MR) is 152 cm³/mol. The first-order chi connectivity index (χ1) is 15.8. The van der Waals surface area contributed by atoms with Crippen LogP contribution in [0.1, 0.15) is 42.0 Å². The van der Waals surface area contributed by atoms with E-state index in [2.05, 4.69) is 20.1 Å². The van der Waals surface area contributed by atoms with Gasteiger partial charge in [-0.15, -0.1) is 0 Å². The van der Waals surface area contributed by atoms with Crippen molar-refractivity contribution in [2.24, 2.45) is 0 Å². The second-order valence-electron chi connectivity index (χ2n) is 5.00. The number of hydrogen-bond acceptors (Lipinski definition) is 6. The van der Waals surface area contributed by atoms with Crippen molar-refractivity contribution in [1.29, 1.82) is 0 Å². The summed E-state index contributed by atoms with van der Waals surface area (Å²) in [4.78, 5) is 10.2. The van der Waals surface area contributed by atoms with Crippen molar-refractivity contribution in [3.63, 3.8) is 0 Å². The molecule has 0 aliphatic carbocycles. The van der Waals surface area contributed by atoms with Gasteiger partial charge in [0.05, 0.1) is 7.11 Å². The Morgan fingerprint density at radius 1 is 0.857 bits per heavy atom. The maximum absolute atomic E-state index is 10.4. The largest absolute Gasteiger partial charge is 0.388 e. The molecule has 0 aliphatic heterocycles. The van der Waals surface area contributed by atoms with Crippen molar-refractivity contribution in [3.05, 3.63) is 60.7 Å². The normalized spacial score (nSPS) is 9.31. The van der Waals surface area contributed by atoms with E-state index in [9.17, 15) is 9.00 Å². The summed E-state index contributed by atoms with van der Waals surface area (Å²) in [5.74, 6) is -0.147. The zero-order valence-corrected chi connectivity index (χ0v) is 26.4. The van der Waals surface area contributed by atoms with Crippen LogP contribution in [0.15, 0.2) is 60.7 Å². The Balaban J connectivity index is -0.0000000767. The Hall–Kier alpha value is -1.17. The van der Waals surface area contributed by atoms with Crippen molar-refractivity contribution < 1.29 is 54.7 Å². The molecule has 0 saturated carbocycles. The van der Waals surface area contributed by atoms with Crippen LogP contribution in [0.25, 0.3) is 0 Å². The van der Waals surface area contributed by atoms with Crippen LogP contribution in [0.2, 0.25) is 0 Å². The number of amides is 1. The third-order valence-corrected chi connectivity index (χ3v) is 3.50. The molecule has 2 aromatic rings. The molecule has 2 atom stereocenters. The third-order valence-electron chi connectivity index (χ3n) is 2.75. The van der Waals surface area contributed by atoms with E-state index in [1.807, 2.05) is 102 Å². The second-order valence-corrected chi connectivity index (χ2v) is 7.08. The van der Waals surface area contributed by atoms with Gasteiger partial charge in [0.2, 0.25) is 5.91 Å². The molecule has 0 aromatic heterocycles. The van der Waals surface area contributed by atoms with Gasteiger partial charge in [0.1, 0.15) is 17.0 Å². The van der Waals surface area contributed by atoms with Gasteiger partial charge >= 0.3 is 0 Å². The Kier molecular flexibility index (Phi) is 53.8. The van der Waals surface area contributed by atoms with Crippen LogP contribution in [0.4, 0.5) is 11.4 Å². The fraction of sp³-hybridized carbons (Fsp3) is 0.458. The van der Waals surface area contributed by atoms with Crippen molar-refractivity contribution >= 4 is 39.4 Å². The molecule has 0 bridgehead atoms. The van der Waals surface area contributed by atoms with Crippen LogP contribution < -0.4 is 16.0 Å². The van der Waals surface area contributed by atoms with E-state index >= 15 is 0 Å². The van der Waals surface area contributed by atoms with E-state index < -0.39 is 22.2 Å². The summed E-state index contributed by atoms with van der Waals surface area (Å²) in [6.07, 6.45) is 1.19. The third kappa shape index (κ3) is 46.8. The molecule has 1 amide bonds. The number of para-hydroxylation sites is 2. The first kappa shape index (κ1) is 47.1. The molecule has 4 N–H and O–H groups in total. The van der Waals surface area contributed by atoms with Crippen LogP contribution in [0.3, 0.4) is 0 Å². The summed E-state index contributed by atoms with van der Waals surface area (Å²) in [6, 6.07) is 20.1. The van der Waals surface area contributed by atoms with Crippen LogP contribution >= 0.6 is 0 Å². The molecule has 11 heteroatoms. The summed E-state index contributed by atoms with van der Waals surface area (Å²) in [6.45, 7) is 9.35. The standard InChI is InChI=1S/2C7H9N.C4H9NO3S.2C2H6.CH4O2S.CH4.Y/c2*1-8-7-5-3-2-4-6-7;1-4(6)5-3-9(7)8-2;2*1-2;1-4(2)3;;/h2*2-6,8H,1H3;3H2,1-2H3,(H,5,6);2*1-2H3;1H3,(H,2,3);1H4;. The molecule has 203 valence electrons. The minimum absolute atomic E-state index is 0. The maximum Gasteiger partial charge on any atom is 0.217 e. The minimum Gasteiger partial charge on any atom is -0.388 e. The van der Waals surface area contributed by atoms with Gasteiger partial charge in [-0.2, -0.15) is 0 Å². The molecule has 2 aromatic carbocycles. The summed E-state index contributed by atoms with van der Waals surface area (Å²) >= 11 is -2.99. The van der Waals surface area contributed by atoms with E-state index in [1.54, 1.807) is 0 Å². The van der Waals surface area contributed by atoms with Gasteiger partial charge in [-0.1, -0.05) is 71.5 Å². The van der Waals surface area contributed by atoms with E-state index in [4.69, 9.17) is 8.76 Å². The number of nitrogens with one attached hydrogen (secondary N) is 3. The summed E-state index contributed by atoms with van der Waals surface area (Å²) in [5.41, 5.74) is 2.32. The average Bonchev–Trinajstić information content (AvgIpc) is 2.86. The molecular weight excluding hydrogens is 563 g/mol. The zero-order valence-electron chi connectivity index (χ0n) is 22.0. The predicted octanol–water partition coefficient (Wildman–Crippen LogP) is 5.37. The van der Waals surface area contributed by atoms with Crippen molar-refractivity contribution in [1.82, 2.24) is 5.32 Å². The molecule has 8 nitrogen and oxygen atoms in total. The molecular formula is C24H47N3O5S2Y. The monoisotopic (exact) mass is 610 g/mol. The Labute approximate surface area is 244 Å². The molecule has 0 spiro atoms. The van der Waals surface area contributed by atoms with Gasteiger partial charge in [0.25, 0.3) is 0 Å². The smallest absolute Gasteiger partial charge is 0.217 e. The second kappa shape index (κ2) is 40.0. The van der Waals surface area contributed by atoms with Gasteiger partial charge in [0.15, 0.2) is 11.1 Å². The average molecular weight is 611 g/mol. The molecule has 0 saturated heterocycles. The Morgan fingerprint density at radius 2 is 1.14 bits per heavy atom. The fourth-order valence-corrected chi connectivity index (χ4v) is 1.87. The van der Waals surface area contributed by atoms with Crippen molar-refractivity contribution in [2.75, 3.05) is 44.0 Å². The minimum atomic E-state index is -1.61. The van der Waals surface area contributed by atoms with Gasteiger partial charge in [-0.3, -0.25) is 8.98 Å². The van der Waals surface area contributed by atoms with Crippen LogP contribution in [-0.2, 0) is 63.8 Å². The maximum atomic E-state index is 10.4. The topological polar surface area (TPSA) is 117 Å². The quantitative estimate of drug-likeness (QED) is 0.337. The first-order valence-corrected chi connectivity index (χ1v) is 13.2. The van der Waals surface area contributed by atoms with Gasteiger partial charge in [-0.25, -0.2) is 8.42 Å². The number of rotatable bonds is 5. The number of benzene rings is 2. The van der Waals surface area contributed by atoms with Crippen LogP contribution in [0, 0.1) is 0 Å². The van der Waals surface area contributed by atoms with E-state index in [0.29, 0.717) is 0 Å². The molecule has 2 rings (SSSR count). The van der Waals surface area contributed by atoms with Gasteiger partial charge in [0, 0.05) is 71.4 Å². The molecule has 0 heterocycles. The molecule has 1 radical (unpaired) electrons. The van der Waals surface area contributed by atoms with Gasteiger partial charge in [-0.05, 0) is 24.3 Å². The number of hydrogen-bond donors (Lipinski definition) is 4. The Morgan fingerprint density at radius 3 is 1.31 bits per heavy atom.